The molecule has 2 fully saturated rings. The molecule has 4 N–H and O–H groups in total. The Kier molecular flexibility index (Phi) is 4.86. The van der Waals surface area contributed by atoms with Crippen LogP contribution in [0.15, 0.2) is 34.3 Å². The number of halogens is 3. The zero-order valence-corrected chi connectivity index (χ0v) is 16.5. The number of nitrogens with zero attached hydrogens (tertiary/aromatic N) is 2. The average Bonchev–Trinajstić information content (AvgIpc) is 3.52. The summed E-state index contributed by atoms with van der Waals surface area (Å²) < 4.78 is 42.4. The fourth-order valence-electron chi connectivity index (χ4n) is 4.04. The molecular weight excluding hydrogens is 383 g/mol. The standard InChI is InChI=1S/C20H26F3N5O/c1-11(13-6-7-13)19(15-4-3-5-16(10-15)29-20(21,22)23)27-17(24)26-18(28-19)25-12(2)14-8-9-14/h3-5,10-14H,6-9H2,1-2H3,(H4,24,25,26,27,28)/t11-,12-,19?/m1/s1. The lowest BCUT2D eigenvalue weighted by Gasteiger charge is -2.40. The Balaban J connectivity index is 1.68. The van der Waals surface area contributed by atoms with E-state index in [9.17, 15) is 13.2 Å². The van der Waals surface area contributed by atoms with Gasteiger partial charge in [-0.05, 0) is 56.6 Å². The Hall–Kier alpha value is -2.45. The number of hydrogen-bond acceptors (Lipinski definition) is 6. The molecule has 3 atom stereocenters. The summed E-state index contributed by atoms with van der Waals surface area (Å²) in [6.07, 6.45) is -0.310. The van der Waals surface area contributed by atoms with Gasteiger partial charge in [-0.25, -0.2) is 4.99 Å². The molecule has 29 heavy (non-hydrogen) atoms. The highest BCUT2D eigenvalue weighted by Gasteiger charge is 2.48. The molecule has 0 spiro atoms. The summed E-state index contributed by atoms with van der Waals surface area (Å²) in [7, 11) is 0. The molecule has 4 rings (SSSR count). The van der Waals surface area contributed by atoms with Crippen LogP contribution < -0.4 is 21.1 Å². The molecule has 3 aliphatic rings. The maximum atomic E-state index is 12.7. The molecule has 0 bridgehead atoms. The molecule has 1 heterocycles. The average molecular weight is 409 g/mol. The number of nitrogens with one attached hydrogen (secondary N) is 2. The van der Waals surface area contributed by atoms with Gasteiger partial charge in [0, 0.05) is 17.5 Å². The summed E-state index contributed by atoms with van der Waals surface area (Å²) in [6.45, 7) is 4.14. The van der Waals surface area contributed by atoms with Crippen LogP contribution in [0.2, 0.25) is 0 Å². The summed E-state index contributed by atoms with van der Waals surface area (Å²) in [5.74, 6) is 1.34. The van der Waals surface area contributed by atoms with E-state index in [0.29, 0.717) is 23.4 Å². The van der Waals surface area contributed by atoms with E-state index in [2.05, 4.69) is 32.3 Å². The van der Waals surface area contributed by atoms with Crippen molar-refractivity contribution in [3.63, 3.8) is 0 Å². The summed E-state index contributed by atoms with van der Waals surface area (Å²) in [6, 6.07) is 6.17. The maximum absolute atomic E-state index is 12.7. The van der Waals surface area contributed by atoms with Crippen LogP contribution in [-0.2, 0) is 5.66 Å². The van der Waals surface area contributed by atoms with Crippen LogP contribution in [0, 0.1) is 17.8 Å². The minimum Gasteiger partial charge on any atom is -0.406 e. The first-order valence-corrected chi connectivity index (χ1v) is 10.0. The maximum Gasteiger partial charge on any atom is 0.573 e. The fraction of sp³-hybridized carbons (Fsp3) is 0.600. The van der Waals surface area contributed by atoms with Gasteiger partial charge in [-0.2, -0.15) is 4.99 Å². The number of alkyl halides is 3. The zero-order chi connectivity index (χ0) is 20.8. The number of rotatable bonds is 6. The predicted molar refractivity (Wildman–Crippen MR) is 104 cm³/mol. The number of ether oxygens (including phenoxy) is 1. The van der Waals surface area contributed by atoms with Gasteiger partial charge in [0.05, 0.1) is 0 Å². The zero-order valence-electron chi connectivity index (χ0n) is 16.5. The van der Waals surface area contributed by atoms with E-state index >= 15 is 0 Å². The topological polar surface area (TPSA) is 84.0 Å². The summed E-state index contributed by atoms with van der Waals surface area (Å²) in [5.41, 5.74) is 5.63. The highest BCUT2D eigenvalue weighted by atomic mass is 19.4. The van der Waals surface area contributed by atoms with Crippen molar-refractivity contribution in [3.05, 3.63) is 29.8 Å². The quantitative estimate of drug-likeness (QED) is 0.672. The van der Waals surface area contributed by atoms with E-state index in [1.54, 1.807) is 6.07 Å². The number of aliphatic imine (C=N–C) groups is 2. The molecule has 0 radical (unpaired) electrons. The lowest BCUT2D eigenvalue weighted by Crippen LogP contribution is -2.58. The molecule has 0 aromatic heterocycles. The molecule has 158 valence electrons. The van der Waals surface area contributed by atoms with Crippen LogP contribution in [-0.4, -0.2) is 24.3 Å². The van der Waals surface area contributed by atoms with Crippen molar-refractivity contribution in [2.75, 3.05) is 0 Å². The van der Waals surface area contributed by atoms with E-state index < -0.39 is 12.0 Å². The van der Waals surface area contributed by atoms with Gasteiger partial charge in [0.1, 0.15) is 5.75 Å². The Morgan fingerprint density at radius 1 is 1.21 bits per heavy atom. The van der Waals surface area contributed by atoms with Crippen molar-refractivity contribution < 1.29 is 17.9 Å². The van der Waals surface area contributed by atoms with Crippen molar-refractivity contribution >= 4 is 11.9 Å². The molecular formula is C20H26F3N5O. The number of benzene rings is 1. The molecule has 1 unspecified atom stereocenters. The van der Waals surface area contributed by atoms with Gasteiger partial charge in [-0.1, -0.05) is 19.1 Å². The highest BCUT2D eigenvalue weighted by Crippen LogP contribution is 2.47. The Bertz CT molecular complexity index is 832. The lowest BCUT2D eigenvalue weighted by atomic mass is 9.83. The minimum absolute atomic E-state index is 0.00529. The van der Waals surface area contributed by atoms with Crippen LogP contribution in [0.25, 0.3) is 0 Å². The third kappa shape index (κ3) is 4.43. The van der Waals surface area contributed by atoms with Crippen LogP contribution in [0.3, 0.4) is 0 Å². The summed E-state index contributed by atoms with van der Waals surface area (Å²) in [5, 5.41) is 6.74. The Morgan fingerprint density at radius 3 is 2.52 bits per heavy atom. The minimum atomic E-state index is -4.76. The van der Waals surface area contributed by atoms with Crippen LogP contribution in [0.5, 0.6) is 5.75 Å². The van der Waals surface area contributed by atoms with Gasteiger partial charge in [0.25, 0.3) is 0 Å². The first-order valence-electron chi connectivity index (χ1n) is 10.0. The molecule has 1 aromatic rings. The third-order valence-electron chi connectivity index (χ3n) is 6.02. The molecule has 6 nitrogen and oxygen atoms in total. The van der Waals surface area contributed by atoms with E-state index in [1.807, 2.05) is 6.92 Å². The number of nitrogens with two attached hydrogens (primary N) is 1. The van der Waals surface area contributed by atoms with Crippen molar-refractivity contribution in [2.45, 2.75) is 57.6 Å². The molecule has 2 aliphatic carbocycles. The molecule has 1 aliphatic heterocycles. The Labute approximate surface area is 167 Å². The second kappa shape index (κ2) is 7.11. The van der Waals surface area contributed by atoms with E-state index in [4.69, 9.17) is 5.73 Å². The third-order valence-corrected chi connectivity index (χ3v) is 6.02. The van der Waals surface area contributed by atoms with Crippen molar-refractivity contribution in [1.82, 2.24) is 10.6 Å². The van der Waals surface area contributed by atoms with Crippen molar-refractivity contribution in [1.29, 1.82) is 0 Å². The monoisotopic (exact) mass is 409 g/mol. The van der Waals surface area contributed by atoms with Crippen LogP contribution in [0.4, 0.5) is 13.2 Å². The predicted octanol–water partition coefficient (Wildman–Crippen LogP) is 3.45. The first kappa shape index (κ1) is 19.8. The van der Waals surface area contributed by atoms with E-state index in [1.165, 1.54) is 31.0 Å². The molecule has 0 saturated heterocycles. The second-order valence-corrected chi connectivity index (χ2v) is 8.29. The van der Waals surface area contributed by atoms with E-state index in [0.717, 1.165) is 12.8 Å². The SMILES string of the molecule is C[C@H](C1CC1)C1(c2cccc(OC(F)(F)F)c2)N=C(N)N=C(N[C@H](C)C2CC2)N1. The van der Waals surface area contributed by atoms with Gasteiger partial charge < -0.3 is 21.1 Å². The molecule has 2 saturated carbocycles. The Morgan fingerprint density at radius 2 is 1.90 bits per heavy atom. The largest absolute Gasteiger partial charge is 0.573 e. The normalized spacial score (nSPS) is 26.7. The molecule has 1 aromatic carbocycles. The summed E-state index contributed by atoms with van der Waals surface area (Å²) in [4.78, 5) is 8.93. The smallest absolute Gasteiger partial charge is 0.406 e. The van der Waals surface area contributed by atoms with Gasteiger partial charge >= 0.3 is 6.36 Å². The van der Waals surface area contributed by atoms with Gasteiger partial charge in [-0.3, -0.25) is 0 Å². The van der Waals surface area contributed by atoms with Gasteiger partial charge in [0.15, 0.2) is 5.66 Å². The highest BCUT2D eigenvalue weighted by molar-refractivity contribution is 5.97. The fourth-order valence-corrected chi connectivity index (χ4v) is 4.04. The van der Waals surface area contributed by atoms with Gasteiger partial charge in [0.2, 0.25) is 11.9 Å². The van der Waals surface area contributed by atoms with Crippen molar-refractivity contribution in [3.8, 4) is 5.75 Å². The lowest BCUT2D eigenvalue weighted by molar-refractivity contribution is -0.274. The van der Waals surface area contributed by atoms with E-state index in [-0.39, 0.29) is 23.7 Å². The van der Waals surface area contributed by atoms with Crippen LogP contribution >= 0.6 is 0 Å². The first-order chi connectivity index (χ1) is 13.7. The molecule has 0 amide bonds. The summed E-state index contributed by atoms with van der Waals surface area (Å²) >= 11 is 0. The number of hydrogen-bond donors (Lipinski definition) is 3. The van der Waals surface area contributed by atoms with Gasteiger partial charge in [-0.15, -0.1) is 13.2 Å². The second-order valence-electron chi connectivity index (χ2n) is 8.29. The number of guanidine groups is 2. The van der Waals surface area contributed by atoms with Crippen molar-refractivity contribution in [2.24, 2.45) is 33.5 Å². The van der Waals surface area contributed by atoms with Crippen LogP contribution in [0.1, 0.15) is 45.1 Å². The molecule has 9 heteroatoms.